The fourth-order valence-corrected chi connectivity index (χ4v) is 0. The summed E-state index contributed by atoms with van der Waals surface area (Å²) in [5.74, 6) is 0. The van der Waals surface area contributed by atoms with Crippen LogP contribution in [0.4, 0.5) is 0 Å². The van der Waals surface area contributed by atoms with Crippen molar-refractivity contribution in [1.29, 1.82) is 0 Å². The Morgan fingerprint density at radius 2 is 0.429 bits per heavy atom. The van der Waals surface area contributed by atoms with E-state index in [2.05, 4.69) is 0 Å². The van der Waals surface area contributed by atoms with E-state index in [9.17, 15) is 0 Å². The summed E-state index contributed by atoms with van der Waals surface area (Å²) < 4.78 is 0. The second-order valence-electron chi connectivity index (χ2n) is 0. The van der Waals surface area contributed by atoms with Crippen LogP contribution in [0, 0.1) is 0 Å². The van der Waals surface area contributed by atoms with E-state index >= 15 is 0 Å². The van der Waals surface area contributed by atoms with Crippen molar-refractivity contribution < 1.29 is 17.1 Å². The van der Waals surface area contributed by atoms with Crippen molar-refractivity contribution in [3.05, 3.63) is 0 Å². The monoisotopic (exact) mass is 148 g/mol. The molecule has 0 N–H and O–H groups in total. The van der Waals surface area contributed by atoms with Crippen LogP contribution < -0.4 is 0 Å². The molecule has 0 spiro atoms. The molecule has 0 unspecified atom stereocenters. The second kappa shape index (κ2) is 50.9. The molecule has 0 amide bonds. The van der Waals surface area contributed by atoms with E-state index in [0.717, 1.165) is 0 Å². The molecule has 0 saturated heterocycles. The van der Waals surface area contributed by atoms with Gasteiger partial charge in [-0.3, -0.25) is 0 Å². The van der Waals surface area contributed by atoms with E-state index in [0.29, 0.717) is 0 Å². The summed E-state index contributed by atoms with van der Waals surface area (Å²) in [6, 6.07) is 0. The Morgan fingerprint density at radius 1 is 0.429 bits per heavy atom. The molecule has 0 aliphatic carbocycles. The molecule has 0 bridgehead atoms. The van der Waals surface area contributed by atoms with Gasteiger partial charge in [0, 0.05) is 17.1 Å². The maximum absolute atomic E-state index is 0. The summed E-state index contributed by atoms with van der Waals surface area (Å²) in [6.07, 6.45) is 0. The average Bonchev–Trinajstić information content (AvgIpc) is 0. The van der Waals surface area contributed by atoms with Crippen molar-refractivity contribution in [3.63, 3.8) is 0 Å². The first kappa shape index (κ1) is 69.1. The SMILES string of the molecule is [AlH3].[AlH3].[Fe].[LiH].[LiH].[LiH].[LiH]. The van der Waals surface area contributed by atoms with E-state index in [1.54, 1.807) is 0 Å². The van der Waals surface area contributed by atoms with Crippen LogP contribution in [0.2, 0.25) is 0 Å². The third kappa shape index (κ3) is 40.2. The van der Waals surface area contributed by atoms with Crippen molar-refractivity contribution >= 4 is 110 Å². The molecule has 0 fully saturated rings. The predicted molar refractivity (Wildman–Crippen MR) is 48.5 cm³/mol. The first-order valence-electron chi connectivity index (χ1n) is 0. The zero-order valence-electron chi connectivity index (χ0n) is 0.354. The summed E-state index contributed by atoms with van der Waals surface area (Å²) in [5.41, 5.74) is 0. The van der Waals surface area contributed by atoms with Crippen molar-refractivity contribution in [1.82, 2.24) is 0 Å². The van der Waals surface area contributed by atoms with Gasteiger partial charge in [0.2, 0.25) is 0 Å². The first-order chi connectivity index (χ1) is 0. The van der Waals surface area contributed by atoms with Gasteiger partial charge in [-0.1, -0.05) is 0 Å². The molecule has 0 saturated carbocycles. The van der Waals surface area contributed by atoms with Crippen LogP contribution in [0.1, 0.15) is 0 Å². The Kier molecular flexibility index (Phi) is 502. The Labute approximate surface area is 125 Å². The van der Waals surface area contributed by atoms with Crippen LogP contribution in [0.15, 0.2) is 0 Å². The standard InChI is InChI=1S/2Al.Fe.4Li.10H. The van der Waals surface area contributed by atoms with Gasteiger partial charge in [0.05, 0.1) is 0 Å². The van der Waals surface area contributed by atoms with Crippen LogP contribution in [-0.2, 0) is 17.1 Å². The van der Waals surface area contributed by atoms with E-state index < -0.39 is 0 Å². The second-order valence-corrected chi connectivity index (χ2v) is 0. The van der Waals surface area contributed by atoms with Crippen LogP contribution in [-0.4, -0.2) is 110 Å². The molecule has 0 aromatic rings. The van der Waals surface area contributed by atoms with Crippen LogP contribution >= 0.6 is 0 Å². The molecule has 0 atom stereocenters. The zero-order valence-corrected chi connectivity index (χ0v) is 1.46. The molecule has 7 heteroatoms. The molecule has 28 valence electrons. The fraction of sp³-hybridized carbons (Fsp3) is 0. The molecule has 7 heavy (non-hydrogen) atoms. The third-order valence-electron chi connectivity index (χ3n) is 0. The topological polar surface area (TPSA) is 0 Å². The van der Waals surface area contributed by atoms with Gasteiger partial charge >= 0.3 is 75.4 Å². The molecule has 0 heterocycles. The van der Waals surface area contributed by atoms with Crippen molar-refractivity contribution in [2.24, 2.45) is 0 Å². The average molecular weight is 148 g/mol. The van der Waals surface area contributed by atoms with Gasteiger partial charge in [-0.2, -0.15) is 0 Å². The first-order valence-corrected chi connectivity index (χ1v) is 0. The molecule has 0 aliphatic rings. The summed E-state index contributed by atoms with van der Waals surface area (Å²) in [7, 11) is 0. The van der Waals surface area contributed by atoms with Gasteiger partial charge in [0.1, 0.15) is 0 Å². The van der Waals surface area contributed by atoms with Gasteiger partial charge < -0.3 is 0 Å². The zero-order chi connectivity index (χ0) is 0. The molecule has 0 nitrogen and oxygen atoms in total. The minimum atomic E-state index is 0. The Bertz CT molecular complexity index is 9.65. The van der Waals surface area contributed by atoms with Crippen molar-refractivity contribution in [2.75, 3.05) is 0 Å². The number of hydrogen-bond donors (Lipinski definition) is 0. The van der Waals surface area contributed by atoms with E-state index in [-0.39, 0.29) is 127 Å². The van der Waals surface area contributed by atoms with Gasteiger partial charge in [-0.05, 0) is 0 Å². The molecule has 0 aromatic heterocycles. The van der Waals surface area contributed by atoms with Crippen molar-refractivity contribution in [2.45, 2.75) is 0 Å². The third-order valence-corrected chi connectivity index (χ3v) is 0. The van der Waals surface area contributed by atoms with Crippen LogP contribution in [0.5, 0.6) is 0 Å². The van der Waals surface area contributed by atoms with Crippen LogP contribution in [0.25, 0.3) is 0 Å². The molecule has 0 aromatic carbocycles. The Morgan fingerprint density at radius 3 is 0.429 bits per heavy atom. The molecule has 0 rings (SSSR count). The molecular weight excluding hydrogens is 138 g/mol. The quantitative estimate of drug-likeness (QED) is 0.301. The number of hydrogen-bond acceptors (Lipinski definition) is 0. The summed E-state index contributed by atoms with van der Waals surface area (Å²) in [5, 5.41) is 0. The summed E-state index contributed by atoms with van der Waals surface area (Å²) in [6.45, 7) is 0. The molecule has 0 aliphatic heterocycles. The van der Waals surface area contributed by atoms with E-state index in [1.165, 1.54) is 0 Å². The van der Waals surface area contributed by atoms with E-state index in [4.69, 9.17) is 0 Å². The normalized spacial score (nSPS) is 0. The summed E-state index contributed by atoms with van der Waals surface area (Å²) >= 11 is 0. The Hall–Kier alpha value is 3.97. The minimum absolute atomic E-state index is 0. The van der Waals surface area contributed by atoms with Crippen LogP contribution in [0.3, 0.4) is 0 Å². The van der Waals surface area contributed by atoms with Gasteiger partial charge in [0.15, 0.2) is 34.7 Å². The number of rotatable bonds is 0. The Balaban J connectivity index is 0. The van der Waals surface area contributed by atoms with Gasteiger partial charge in [0.25, 0.3) is 0 Å². The fourth-order valence-electron chi connectivity index (χ4n) is 0. The molecular formula is H10Al2FeLi4. The van der Waals surface area contributed by atoms with E-state index in [1.807, 2.05) is 0 Å². The van der Waals surface area contributed by atoms with Crippen molar-refractivity contribution in [3.8, 4) is 0 Å². The maximum atomic E-state index is 0. The summed E-state index contributed by atoms with van der Waals surface area (Å²) in [4.78, 5) is 0. The van der Waals surface area contributed by atoms with Gasteiger partial charge in [-0.15, -0.1) is 0 Å². The van der Waals surface area contributed by atoms with Gasteiger partial charge in [-0.25, -0.2) is 0 Å². The molecule has 0 radical (unpaired) electrons. The predicted octanol–water partition coefficient (Wildman–Crippen LogP) is -4.96.